The van der Waals surface area contributed by atoms with Gasteiger partial charge in [0.15, 0.2) is 0 Å². The molecule has 0 bridgehead atoms. The van der Waals surface area contributed by atoms with Crippen molar-refractivity contribution in [3.05, 3.63) is 75.3 Å². The molecule has 0 aliphatic carbocycles. The van der Waals surface area contributed by atoms with Gasteiger partial charge in [0.25, 0.3) is 11.6 Å². The highest BCUT2D eigenvalue weighted by Gasteiger charge is 2.24. The van der Waals surface area contributed by atoms with Crippen molar-refractivity contribution in [1.29, 1.82) is 0 Å². The Morgan fingerprint density at radius 1 is 1.07 bits per heavy atom. The molecule has 1 aliphatic rings. The van der Waals surface area contributed by atoms with E-state index in [9.17, 15) is 14.9 Å². The number of carbonyl (C=O) groups is 1. The number of nitro benzene ring substituents is 1. The Hall–Kier alpha value is -2.77. The number of likely N-dealkylation sites (N-methyl/N-ethyl adjacent to an activating group) is 1. The fraction of sp³-hybridized carbons (Fsp3) is 0.381. The molecule has 1 aliphatic heterocycles. The SMILES string of the molecule is Cc1ccc(C(CNC(=O)c2ccc([N+](=O)[O-])cc2)N2CCN(C)CC2)cc1. The van der Waals surface area contributed by atoms with Gasteiger partial charge in [0.05, 0.1) is 11.0 Å². The third-order valence-electron chi connectivity index (χ3n) is 5.24. The van der Waals surface area contributed by atoms with Crippen molar-refractivity contribution >= 4 is 11.6 Å². The minimum Gasteiger partial charge on any atom is -0.350 e. The smallest absolute Gasteiger partial charge is 0.269 e. The normalized spacial score (nSPS) is 16.5. The molecule has 3 rings (SSSR count). The first-order valence-electron chi connectivity index (χ1n) is 9.46. The van der Waals surface area contributed by atoms with Crippen molar-refractivity contribution in [3.63, 3.8) is 0 Å². The average Bonchev–Trinajstić information content (AvgIpc) is 2.70. The largest absolute Gasteiger partial charge is 0.350 e. The third-order valence-corrected chi connectivity index (χ3v) is 5.24. The van der Waals surface area contributed by atoms with Crippen LogP contribution in [0.5, 0.6) is 0 Å². The van der Waals surface area contributed by atoms with Crippen LogP contribution in [0.4, 0.5) is 5.69 Å². The number of carbonyl (C=O) groups excluding carboxylic acids is 1. The molecule has 0 radical (unpaired) electrons. The molecule has 1 atom stereocenters. The van der Waals surface area contributed by atoms with Crippen LogP contribution in [0.1, 0.15) is 27.5 Å². The molecule has 1 heterocycles. The van der Waals surface area contributed by atoms with Gasteiger partial charge in [-0.3, -0.25) is 19.8 Å². The Kier molecular flexibility index (Phi) is 6.38. The lowest BCUT2D eigenvalue weighted by Crippen LogP contribution is -2.48. The molecular weight excluding hydrogens is 356 g/mol. The Labute approximate surface area is 165 Å². The highest BCUT2D eigenvalue weighted by Crippen LogP contribution is 2.22. The van der Waals surface area contributed by atoms with Crippen LogP contribution in [0.25, 0.3) is 0 Å². The summed E-state index contributed by atoms with van der Waals surface area (Å²) in [6.45, 7) is 6.44. The Balaban J connectivity index is 1.70. The number of benzene rings is 2. The molecule has 2 aromatic carbocycles. The molecule has 0 aromatic heterocycles. The highest BCUT2D eigenvalue weighted by atomic mass is 16.6. The number of rotatable bonds is 6. The summed E-state index contributed by atoms with van der Waals surface area (Å²) in [5.74, 6) is -0.221. The van der Waals surface area contributed by atoms with Crippen LogP contribution in [0.2, 0.25) is 0 Å². The Bertz CT molecular complexity index is 813. The van der Waals surface area contributed by atoms with Crippen molar-refractivity contribution in [2.75, 3.05) is 39.8 Å². The molecule has 1 N–H and O–H groups in total. The van der Waals surface area contributed by atoms with E-state index in [4.69, 9.17) is 0 Å². The van der Waals surface area contributed by atoms with Crippen molar-refractivity contribution in [3.8, 4) is 0 Å². The number of hydrogen-bond donors (Lipinski definition) is 1. The molecule has 1 fully saturated rings. The third kappa shape index (κ3) is 4.94. The summed E-state index contributed by atoms with van der Waals surface area (Å²) < 4.78 is 0. The van der Waals surface area contributed by atoms with E-state index in [1.54, 1.807) is 0 Å². The number of piperazine rings is 1. The molecule has 0 saturated carbocycles. The first-order chi connectivity index (χ1) is 13.4. The Morgan fingerprint density at radius 3 is 2.25 bits per heavy atom. The van der Waals surface area contributed by atoms with Gasteiger partial charge < -0.3 is 10.2 Å². The summed E-state index contributed by atoms with van der Waals surface area (Å²) in [6.07, 6.45) is 0. The van der Waals surface area contributed by atoms with E-state index in [-0.39, 0.29) is 17.6 Å². The van der Waals surface area contributed by atoms with E-state index in [1.165, 1.54) is 35.4 Å². The summed E-state index contributed by atoms with van der Waals surface area (Å²) in [4.78, 5) is 27.6. The van der Waals surface area contributed by atoms with Crippen LogP contribution in [0.3, 0.4) is 0 Å². The van der Waals surface area contributed by atoms with Crippen molar-refractivity contribution in [2.24, 2.45) is 0 Å². The van der Waals surface area contributed by atoms with Gasteiger partial charge in [-0.25, -0.2) is 0 Å². The predicted octanol–water partition coefficient (Wildman–Crippen LogP) is 2.62. The lowest BCUT2D eigenvalue weighted by Gasteiger charge is -2.38. The van der Waals surface area contributed by atoms with Gasteiger partial charge in [-0.2, -0.15) is 0 Å². The molecule has 7 nitrogen and oxygen atoms in total. The maximum atomic E-state index is 12.5. The van der Waals surface area contributed by atoms with Crippen LogP contribution in [-0.4, -0.2) is 60.4 Å². The fourth-order valence-corrected chi connectivity index (χ4v) is 3.41. The zero-order chi connectivity index (χ0) is 20.1. The monoisotopic (exact) mass is 382 g/mol. The first kappa shape index (κ1) is 20.0. The summed E-state index contributed by atoms with van der Waals surface area (Å²) in [7, 11) is 2.12. The zero-order valence-electron chi connectivity index (χ0n) is 16.3. The fourth-order valence-electron chi connectivity index (χ4n) is 3.41. The number of amides is 1. The summed E-state index contributed by atoms with van der Waals surface area (Å²) >= 11 is 0. The highest BCUT2D eigenvalue weighted by molar-refractivity contribution is 5.94. The number of non-ortho nitro benzene ring substituents is 1. The van der Waals surface area contributed by atoms with Crippen LogP contribution in [-0.2, 0) is 0 Å². The van der Waals surface area contributed by atoms with Gasteiger partial charge in [-0.05, 0) is 31.7 Å². The maximum absolute atomic E-state index is 12.5. The van der Waals surface area contributed by atoms with Crippen LogP contribution in [0.15, 0.2) is 48.5 Å². The molecular formula is C21H26N4O3. The molecule has 0 spiro atoms. The van der Waals surface area contributed by atoms with Gasteiger partial charge in [0.1, 0.15) is 0 Å². The second kappa shape index (κ2) is 8.95. The molecule has 1 amide bonds. The number of nitrogens with one attached hydrogen (secondary N) is 1. The summed E-state index contributed by atoms with van der Waals surface area (Å²) in [5, 5.41) is 13.8. The average molecular weight is 382 g/mol. The second-order valence-corrected chi connectivity index (χ2v) is 7.28. The van der Waals surface area contributed by atoms with Crippen LogP contribution in [0, 0.1) is 17.0 Å². The van der Waals surface area contributed by atoms with Crippen molar-refractivity contribution < 1.29 is 9.72 Å². The van der Waals surface area contributed by atoms with E-state index in [0.717, 1.165) is 26.2 Å². The van der Waals surface area contributed by atoms with E-state index in [2.05, 4.69) is 53.4 Å². The van der Waals surface area contributed by atoms with Crippen LogP contribution >= 0.6 is 0 Å². The minimum absolute atomic E-state index is 0.0217. The zero-order valence-corrected chi connectivity index (χ0v) is 16.3. The number of aryl methyl sites for hydroxylation is 1. The molecule has 28 heavy (non-hydrogen) atoms. The first-order valence-corrected chi connectivity index (χ1v) is 9.46. The number of nitro groups is 1. The second-order valence-electron chi connectivity index (χ2n) is 7.28. The van der Waals surface area contributed by atoms with E-state index < -0.39 is 4.92 Å². The van der Waals surface area contributed by atoms with Crippen molar-refractivity contribution in [2.45, 2.75) is 13.0 Å². The number of hydrogen-bond acceptors (Lipinski definition) is 5. The topological polar surface area (TPSA) is 78.7 Å². The standard InChI is InChI=1S/C21H26N4O3/c1-16-3-5-17(6-4-16)20(24-13-11-23(2)12-14-24)15-22-21(26)18-7-9-19(10-8-18)25(27)28/h3-10,20H,11-15H2,1-2H3,(H,22,26). The lowest BCUT2D eigenvalue weighted by molar-refractivity contribution is -0.384. The molecule has 1 unspecified atom stereocenters. The quantitative estimate of drug-likeness (QED) is 0.614. The number of nitrogens with zero attached hydrogens (tertiary/aromatic N) is 3. The van der Waals surface area contributed by atoms with Gasteiger partial charge >= 0.3 is 0 Å². The van der Waals surface area contributed by atoms with E-state index in [1.807, 2.05) is 0 Å². The molecule has 1 saturated heterocycles. The summed E-state index contributed by atoms with van der Waals surface area (Å²) in [6, 6.07) is 14.2. The Morgan fingerprint density at radius 2 is 1.68 bits per heavy atom. The van der Waals surface area contributed by atoms with Crippen LogP contribution < -0.4 is 5.32 Å². The van der Waals surface area contributed by atoms with Crippen molar-refractivity contribution in [1.82, 2.24) is 15.1 Å². The van der Waals surface area contributed by atoms with Gasteiger partial charge in [-0.1, -0.05) is 29.8 Å². The molecule has 7 heteroatoms. The van der Waals surface area contributed by atoms with Gasteiger partial charge in [-0.15, -0.1) is 0 Å². The summed E-state index contributed by atoms with van der Waals surface area (Å²) in [5.41, 5.74) is 2.79. The predicted molar refractivity (Wildman–Crippen MR) is 108 cm³/mol. The molecule has 2 aromatic rings. The van der Waals surface area contributed by atoms with Gasteiger partial charge in [0, 0.05) is 50.4 Å². The van der Waals surface area contributed by atoms with E-state index in [0.29, 0.717) is 12.1 Å². The van der Waals surface area contributed by atoms with Gasteiger partial charge in [0.2, 0.25) is 0 Å². The molecule has 148 valence electrons. The maximum Gasteiger partial charge on any atom is 0.269 e. The minimum atomic E-state index is -0.470. The van der Waals surface area contributed by atoms with E-state index >= 15 is 0 Å². The lowest BCUT2D eigenvalue weighted by atomic mass is 10.0.